The maximum absolute atomic E-state index is 12.0. The van der Waals surface area contributed by atoms with Gasteiger partial charge in [0.15, 0.2) is 0 Å². The Morgan fingerprint density at radius 3 is 2.58 bits per heavy atom. The van der Waals surface area contributed by atoms with Crippen LogP contribution in [0.3, 0.4) is 0 Å². The van der Waals surface area contributed by atoms with Gasteiger partial charge in [0, 0.05) is 12.6 Å². The van der Waals surface area contributed by atoms with Gasteiger partial charge in [-0.1, -0.05) is 42.5 Å². The third-order valence-electron chi connectivity index (χ3n) is 3.15. The summed E-state index contributed by atoms with van der Waals surface area (Å²) in [6.07, 6.45) is 1.20. The van der Waals surface area contributed by atoms with E-state index >= 15 is 0 Å². The Labute approximate surface area is 137 Å². The topological polar surface area (TPSA) is 119 Å². The number of hydrogen-bond acceptors (Lipinski definition) is 5. The number of nitriles is 1. The average Bonchev–Trinajstić information content (AvgIpc) is 2.59. The van der Waals surface area contributed by atoms with Crippen LogP contribution in [-0.2, 0) is 11.3 Å². The summed E-state index contributed by atoms with van der Waals surface area (Å²) in [5.41, 5.74) is 0.284. The average molecular weight is 322 g/mol. The molecule has 0 aliphatic rings. The molecular weight excluding hydrogens is 310 g/mol. The summed E-state index contributed by atoms with van der Waals surface area (Å²) in [5.74, 6) is -1.33. The minimum Gasteiger partial charge on any atom is -0.868 e. The number of amides is 1. The van der Waals surface area contributed by atoms with E-state index in [9.17, 15) is 20.0 Å². The van der Waals surface area contributed by atoms with E-state index in [1.807, 2.05) is 30.3 Å². The maximum Gasteiger partial charge on any atom is 0.262 e. The molecule has 0 aliphatic heterocycles. The van der Waals surface area contributed by atoms with E-state index < -0.39 is 22.3 Å². The van der Waals surface area contributed by atoms with E-state index in [-0.39, 0.29) is 17.7 Å². The Balaban J connectivity index is 2.17. The van der Waals surface area contributed by atoms with Gasteiger partial charge in [0.25, 0.3) is 11.6 Å². The zero-order valence-electron chi connectivity index (χ0n) is 12.4. The lowest BCUT2D eigenvalue weighted by Gasteiger charge is -2.07. The molecule has 24 heavy (non-hydrogen) atoms. The molecule has 0 aliphatic carbocycles. The molecule has 2 rings (SSSR count). The van der Waals surface area contributed by atoms with Crippen LogP contribution in [0.1, 0.15) is 11.1 Å². The van der Waals surface area contributed by atoms with Crippen LogP contribution in [0, 0.1) is 21.4 Å². The lowest BCUT2D eigenvalue weighted by atomic mass is 10.1. The van der Waals surface area contributed by atoms with Crippen molar-refractivity contribution in [3.05, 3.63) is 75.3 Å². The minimum atomic E-state index is -0.804. The van der Waals surface area contributed by atoms with Crippen molar-refractivity contribution in [3.63, 3.8) is 0 Å². The third kappa shape index (κ3) is 4.18. The third-order valence-corrected chi connectivity index (χ3v) is 3.15. The molecule has 0 heterocycles. The Morgan fingerprint density at radius 1 is 1.25 bits per heavy atom. The molecule has 7 nitrogen and oxygen atoms in total. The molecule has 0 unspecified atom stereocenters. The summed E-state index contributed by atoms with van der Waals surface area (Å²) >= 11 is 0. The van der Waals surface area contributed by atoms with Gasteiger partial charge in [0.2, 0.25) is 0 Å². The van der Waals surface area contributed by atoms with Gasteiger partial charge in [-0.25, -0.2) is 0 Å². The molecule has 0 saturated carbocycles. The lowest BCUT2D eigenvalue weighted by molar-refractivity contribution is -0.398. The molecule has 2 aromatic rings. The number of hydrogen-bond donors (Lipinski definition) is 1. The molecule has 7 heteroatoms. The van der Waals surface area contributed by atoms with Crippen LogP contribution in [0.5, 0.6) is 5.75 Å². The van der Waals surface area contributed by atoms with E-state index in [1.54, 1.807) is 6.07 Å². The van der Waals surface area contributed by atoms with Gasteiger partial charge in [0.05, 0.1) is 4.92 Å². The van der Waals surface area contributed by atoms with Crippen molar-refractivity contribution in [2.24, 2.45) is 0 Å². The summed E-state index contributed by atoms with van der Waals surface area (Å²) in [7, 11) is 0. The second-order valence-corrected chi connectivity index (χ2v) is 4.82. The predicted octanol–water partition coefficient (Wildman–Crippen LogP) is 1.89. The molecule has 0 bridgehead atoms. The highest BCUT2D eigenvalue weighted by Gasteiger charge is 2.11. The fraction of sp³-hybridized carbons (Fsp3) is 0.0588. The highest BCUT2D eigenvalue weighted by Crippen LogP contribution is 2.24. The Hall–Kier alpha value is -3.66. The van der Waals surface area contributed by atoms with Gasteiger partial charge in [-0.2, -0.15) is 5.26 Å². The van der Waals surface area contributed by atoms with Crippen molar-refractivity contribution >= 4 is 17.7 Å². The molecule has 0 radical (unpaired) electrons. The Morgan fingerprint density at radius 2 is 1.96 bits per heavy atom. The normalized spacial score (nSPS) is 10.7. The number of nitrogens with zero attached hydrogens (tertiary/aromatic N) is 2. The fourth-order valence-electron chi connectivity index (χ4n) is 1.96. The van der Waals surface area contributed by atoms with E-state index in [4.69, 9.17) is 5.26 Å². The molecule has 0 aromatic heterocycles. The van der Waals surface area contributed by atoms with Crippen LogP contribution in [0.15, 0.2) is 54.1 Å². The molecule has 1 N–H and O–H groups in total. The monoisotopic (exact) mass is 322 g/mol. The minimum absolute atomic E-state index is 0.209. The molecule has 0 atom stereocenters. The molecule has 0 fully saturated rings. The smallest absolute Gasteiger partial charge is 0.262 e. The Kier molecular flexibility index (Phi) is 5.26. The SMILES string of the molecule is N#C/C(=C\c1ccc([O-])c([N+](=O)[O-])c1)C(=O)NCc1ccccc1. The highest BCUT2D eigenvalue weighted by atomic mass is 16.6. The van der Waals surface area contributed by atoms with Gasteiger partial charge >= 0.3 is 0 Å². The molecule has 2 aromatic carbocycles. The number of nitrogens with one attached hydrogen (secondary N) is 1. The predicted molar refractivity (Wildman–Crippen MR) is 84.4 cm³/mol. The second kappa shape index (κ2) is 7.56. The number of nitro groups is 1. The lowest BCUT2D eigenvalue weighted by Crippen LogP contribution is -2.23. The van der Waals surface area contributed by atoms with Crippen LogP contribution < -0.4 is 10.4 Å². The van der Waals surface area contributed by atoms with Crippen LogP contribution in [-0.4, -0.2) is 10.8 Å². The standard InChI is InChI=1S/C17H13N3O4/c18-10-14(17(22)19-11-12-4-2-1-3-5-12)8-13-6-7-16(21)15(9-13)20(23)24/h1-9,21H,11H2,(H,19,22)/p-1/b14-8+. The van der Waals surface area contributed by atoms with Crippen molar-refractivity contribution < 1.29 is 14.8 Å². The van der Waals surface area contributed by atoms with Gasteiger partial charge in [-0.3, -0.25) is 14.9 Å². The molecule has 0 saturated heterocycles. The summed E-state index contributed by atoms with van der Waals surface area (Å²) in [6, 6.07) is 14.3. The summed E-state index contributed by atoms with van der Waals surface area (Å²) < 4.78 is 0. The number of carbonyl (C=O) groups excluding carboxylic acids is 1. The largest absolute Gasteiger partial charge is 0.868 e. The number of rotatable bonds is 5. The molecule has 0 spiro atoms. The summed E-state index contributed by atoms with van der Waals surface area (Å²) in [6.45, 7) is 0.248. The molecule has 120 valence electrons. The van der Waals surface area contributed by atoms with Crippen LogP contribution in [0.25, 0.3) is 6.08 Å². The van der Waals surface area contributed by atoms with Crippen molar-refractivity contribution in [1.82, 2.24) is 5.32 Å². The first kappa shape index (κ1) is 16.7. The molecular formula is C17H12N3O4-. The van der Waals surface area contributed by atoms with E-state index in [1.165, 1.54) is 12.1 Å². The number of carbonyl (C=O) groups is 1. The van der Waals surface area contributed by atoms with Gasteiger partial charge in [0.1, 0.15) is 11.6 Å². The van der Waals surface area contributed by atoms with Crippen LogP contribution in [0.4, 0.5) is 5.69 Å². The van der Waals surface area contributed by atoms with Gasteiger partial charge < -0.3 is 10.4 Å². The Bertz CT molecular complexity index is 839. The van der Waals surface area contributed by atoms with E-state index in [0.717, 1.165) is 17.7 Å². The zero-order valence-corrected chi connectivity index (χ0v) is 12.4. The van der Waals surface area contributed by atoms with E-state index in [0.29, 0.717) is 0 Å². The first-order chi connectivity index (χ1) is 11.5. The quantitative estimate of drug-likeness (QED) is 0.390. The zero-order chi connectivity index (χ0) is 17.5. The highest BCUT2D eigenvalue weighted by molar-refractivity contribution is 6.01. The fourth-order valence-corrected chi connectivity index (χ4v) is 1.96. The van der Waals surface area contributed by atoms with Crippen molar-refractivity contribution in [1.29, 1.82) is 5.26 Å². The second-order valence-electron chi connectivity index (χ2n) is 4.82. The van der Waals surface area contributed by atoms with Crippen LogP contribution >= 0.6 is 0 Å². The number of nitro benzene ring substituents is 1. The maximum atomic E-state index is 12.0. The van der Waals surface area contributed by atoms with Crippen LogP contribution in [0.2, 0.25) is 0 Å². The van der Waals surface area contributed by atoms with Crippen molar-refractivity contribution in [2.45, 2.75) is 6.54 Å². The first-order valence-electron chi connectivity index (χ1n) is 6.90. The van der Waals surface area contributed by atoms with Gasteiger partial charge in [-0.05, 0) is 23.0 Å². The molecule has 1 amide bonds. The first-order valence-corrected chi connectivity index (χ1v) is 6.90. The summed E-state index contributed by atoms with van der Waals surface area (Å²) in [4.78, 5) is 22.0. The van der Waals surface area contributed by atoms with Crippen molar-refractivity contribution in [3.8, 4) is 11.8 Å². The van der Waals surface area contributed by atoms with Gasteiger partial charge in [-0.15, -0.1) is 0 Å². The number of benzene rings is 2. The summed E-state index contributed by atoms with van der Waals surface area (Å²) in [5, 5.41) is 33.8. The van der Waals surface area contributed by atoms with Crippen molar-refractivity contribution in [2.75, 3.05) is 0 Å². The van der Waals surface area contributed by atoms with E-state index in [2.05, 4.69) is 5.32 Å².